The van der Waals surface area contributed by atoms with Gasteiger partial charge in [0.25, 0.3) is 0 Å². The Morgan fingerprint density at radius 3 is 2.19 bits per heavy atom. The number of hydrogen-bond donors (Lipinski definition) is 7. The second-order valence-electron chi connectivity index (χ2n) is 14.7. The van der Waals surface area contributed by atoms with Crippen molar-refractivity contribution in [3.05, 3.63) is 87.5 Å². The monoisotopic (exact) mass is 822 g/mol. The van der Waals surface area contributed by atoms with E-state index in [0.717, 1.165) is 35.4 Å². The second-order valence-corrected chi connectivity index (χ2v) is 17.1. The van der Waals surface area contributed by atoms with Crippen molar-refractivity contribution in [3.8, 4) is 0 Å². The maximum absolute atomic E-state index is 11.6. The number of aromatic amines is 1. The Kier molecular flexibility index (Phi) is 17.1. The average molecular weight is 823 g/mol. The SMILES string of the molecule is CCc1cnc[nH]1.CSC(C)C1=C(C)C2CC3N/C(=C\C4N/C(=C\C5NC(/C=C/1N2)C(C)C5C(C)SC)C=C4CCC(=O)O)C(CCC(=O)O)=C3C.[Fe+2].[O-2]. The number of allylic oxidation sites excluding steroid dienone is 3. The first kappa shape index (κ1) is 45.5. The third-order valence-corrected chi connectivity index (χ3v) is 13.6. The van der Waals surface area contributed by atoms with Crippen LogP contribution >= 0.6 is 23.5 Å². The molecule has 6 heterocycles. The van der Waals surface area contributed by atoms with Gasteiger partial charge in [0.1, 0.15) is 0 Å². The molecule has 7 N–H and O–H groups in total. The fraction of sp³-hybridized carbons (Fsp3) is 0.575. The van der Waals surface area contributed by atoms with Gasteiger partial charge in [-0.15, -0.1) is 0 Å². The Morgan fingerprint density at radius 2 is 1.59 bits per heavy atom. The van der Waals surface area contributed by atoms with Gasteiger partial charge in [-0.1, -0.05) is 20.8 Å². The zero-order valence-corrected chi connectivity index (χ0v) is 35.4. The van der Waals surface area contributed by atoms with Gasteiger partial charge in [-0.05, 0) is 123 Å². The van der Waals surface area contributed by atoms with E-state index in [-0.39, 0.29) is 65.6 Å². The molecule has 0 radical (unpaired) electrons. The van der Waals surface area contributed by atoms with Crippen LogP contribution in [0.5, 0.6) is 0 Å². The molecule has 1 saturated heterocycles. The summed E-state index contributed by atoms with van der Waals surface area (Å²) in [5.41, 5.74) is 10.5. The minimum Gasteiger partial charge on any atom is -2.00 e. The molecule has 1 fully saturated rings. The van der Waals surface area contributed by atoms with Crippen LogP contribution in [0.25, 0.3) is 0 Å². The Hall–Kier alpha value is -2.87. The third-order valence-electron chi connectivity index (χ3n) is 11.6. The van der Waals surface area contributed by atoms with Gasteiger partial charge in [0.05, 0.1) is 18.4 Å². The fourth-order valence-corrected chi connectivity index (χ4v) is 9.71. The van der Waals surface area contributed by atoms with E-state index in [1.807, 2.05) is 29.7 Å². The summed E-state index contributed by atoms with van der Waals surface area (Å²) in [5, 5.41) is 35.3. The number of carboxylic acid groups (broad SMARTS) is 2. The van der Waals surface area contributed by atoms with Crippen molar-refractivity contribution in [2.24, 2.45) is 11.8 Å². The van der Waals surface area contributed by atoms with Crippen LogP contribution in [-0.2, 0) is 38.6 Å². The van der Waals surface area contributed by atoms with Crippen molar-refractivity contribution in [3.63, 3.8) is 0 Å². The quantitative estimate of drug-likeness (QED) is 0.127. The van der Waals surface area contributed by atoms with Crippen LogP contribution in [0.1, 0.15) is 79.3 Å². The Morgan fingerprint density at radius 1 is 0.926 bits per heavy atom. The molecule has 0 amide bonds. The molecule has 1 aromatic rings. The number of aromatic nitrogens is 2. The summed E-state index contributed by atoms with van der Waals surface area (Å²) >= 11 is 3.78. The number of rotatable bonds is 11. The number of H-pyrrole nitrogens is 1. The van der Waals surface area contributed by atoms with Crippen LogP contribution in [-0.4, -0.2) is 85.3 Å². The zero-order chi connectivity index (χ0) is 37.7. The predicted octanol–water partition coefficient (Wildman–Crippen LogP) is 6.19. The van der Waals surface area contributed by atoms with Crippen LogP contribution < -0.4 is 21.3 Å². The van der Waals surface area contributed by atoms with Gasteiger partial charge in [-0.25, -0.2) is 4.98 Å². The van der Waals surface area contributed by atoms with Crippen LogP contribution in [0.15, 0.2) is 81.8 Å². The van der Waals surface area contributed by atoms with Crippen molar-refractivity contribution in [2.75, 3.05) is 12.5 Å². The molecule has 14 heteroatoms. The molecule has 0 aliphatic carbocycles. The van der Waals surface area contributed by atoms with Gasteiger partial charge in [-0.2, -0.15) is 23.5 Å². The van der Waals surface area contributed by atoms with Gasteiger partial charge in [0, 0.05) is 70.4 Å². The van der Waals surface area contributed by atoms with Gasteiger partial charge in [-0.3, -0.25) is 9.59 Å². The summed E-state index contributed by atoms with van der Waals surface area (Å²) in [7, 11) is 0. The first-order chi connectivity index (χ1) is 24.8. The molecule has 9 atom stereocenters. The molecule has 0 saturated carbocycles. The maximum Gasteiger partial charge on any atom is 2.00 e. The zero-order valence-electron chi connectivity index (χ0n) is 32.6. The van der Waals surface area contributed by atoms with E-state index in [9.17, 15) is 19.8 Å². The molecule has 6 rings (SSSR count). The number of carbonyl (C=O) groups is 2. The standard InChI is InChI=1S/C35H50N4O4S2.C5H8N2.Fe.O/c1-17-24(9-11-33(42)43)29-16-28-22(8-10-32(40)41)12-23(36-28)13-30-34(20(4)44-6)19(3)27(38-30)15-31-35(21(5)45-7)18(2)26(39-31)14-25(17)37-29;1-2-5-3-6-4-7-5;;/h12-13,15-16,19-21,25-28,30,34,36-39H,8-11,14H2,1-7H3,(H,40,41)(H,42,43);3-4H,2H2,1H3,(H,6,7);;/q;;+2;-2/b23-13-,29-16-,31-15-;;;. The van der Waals surface area contributed by atoms with E-state index in [1.54, 1.807) is 6.33 Å². The van der Waals surface area contributed by atoms with Gasteiger partial charge < -0.3 is 41.9 Å². The van der Waals surface area contributed by atoms with E-state index in [0.29, 0.717) is 35.2 Å². The normalized spacial score (nSPS) is 30.9. The number of hydrogen-bond acceptors (Lipinski definition) is 9. The van der Waals surface area contributed by atoms with Crippen molar-refractivity contribution in [2.45, 2.75) is 121 Å². The molecule has 298 valence electrons. The smallest absolute Gasteiger partial charge is 2.00 e. The van der Waals surface area contributed by atoms with Crippen LogP contribution in [0.2, 0.25) is 0 Å². The second kappa shape index (κ2) is 20.3. The predicted molar refractivity (Wildman–Crippen MR) is 215 cm³/mol. The summed E-state index contributed by atoms with van der Waals surface area (Å²) in [6.07, 6.45) is 19.9. The first-order valence-corrected chi connectivity index (χ1v) is 21.2. The van der Waals surface area contributed by atoms with E-state index in [1.165, 1.54) is 28.1 Å². The number of nitrogens with zero attached hydrogens (tertiary/aromatic N) is 1. The number of nitrogens with one attached hydrogen (secondary N) is 5. The summed E-state index contributed by atoms with van der Waals surface area (Å²) in [6.45, 7) is 13.5. The maximum atomic E-state index is 11.6. The van der Waals surface area contributed by atoms with Gasteiger partial charge in [0.2, 0.25) is 0 Å². The molecule has 11 nitrogen and oxygen atoms in total. The van der Waals surface area contributed by atoms with Crippen molar-refractivity contribution < 1.29 is 42.3 Å². The summed E-state index contributed by atoms with van der Waals surface area (Å²) in [4.78, 5) is 30.0. The molecule has 5 aliphatic heterocycles. The van der Waals surface area contributed by atoms with Crippen LogP contribution in [0.3, 0.4) is 0 Å². The van der Waals surface area contributed by atoms with E-state index in [2.05, 4.69) is 110 Å². The summed E-state index contributed by atoms with van der Waals surface area (Å²) in [5.74, 6) is -0.795. The summed E-state index contributed by atoms with van der Waals surface area (Å²) < 4.78 is 0. The number of fused-ring (bicyclic) bond motifs is 8. The molecule has 9 unspecified atom stereocenters. The fourth-order valence-electron chi connectivity index (χ4n) is 8.43. The molecular weight excluding hydrogens is 764 g/mol. The van der Waals surface area contributed by atoms with Gasteiger partial charge in [0.15, 0.2) is 0 Å². The number of imidazole rings is 1. The number of carboxylic acids is 2. The Labute approximate surface area is 340 Å². The van der Waals surface area contributed by atoms with E-state index >= 15 is 0 Å². The minimum absolute atomic E-state index is 0. The Balaban J connectivity index is 0.000000783. The van der Waals surface area contributed by atoms with Crippen molar-refractivity contribution in [1.82, 2.24) is 31.2 Å². The summed E-state index contributed by atoms with van der Waals surface area (Å²) in [6, 6.07) is 0.403. The number of thioether (sulfide) groups is 2. The molecular formula is C40H58FeN6O5S2. The number of aryl methyl sites for hydroxylation is 1. The van der Waals surface area contributed by atoms with Crippen molar-refractivity contribution in [1.29, 1.82) is 0 Å². The van der Waals surface area contributed by atoms with Crippen molar-refractivity contribution >= 4 is 35.5 Å². The minimum atomic E-state index is -0.813. The first-order valence-electron chi connectivity index (χ1n) is 18.6. The number of aliphatic carboxylic acids is 2. The molecule has 0 spiro atoms. The molecule has 54 heavy (non-hydrogen) atoms. The largest absolute Gasteiger partial charge is 2.00 e. The van der Waals surface area contributed by atoms with Crippen LogP contribution in [0.4, 0.5) is 0 Å². The van der Waals surface area contributed by atoms with E-state index in [4.69, 9.17) is 0 Å². The van der Waals surface area contributed by atoms with E-state index < -0.39 is 11.9 Å². The van der Waals surface area contributed by atoms with Crippen LogP contribution in [0, 0.1) is 11.8 Å². The molecule has 1 aromatic heterocycles. The molecule has 0 aromatic carbocycles. The average Bonchev–Trinajstić information content (AvgIpc) is 3.93. The Bertz CT molecular complexity index is 1670. The molecule has 5 aliphatic rings. The molecule has 8 bridgehead atoms. The third kappa shape index (κ3) is 10.5. The van der Waals surface area contributed by atoms with Gasteiger partial charge >= 0.3 is 29.0 Å². The topological polar surface area (TPSA) is 180 Å².